The first-order valence-electron chi connectivity index (χ1n) is 3.29. The normalized spacial score (nSPS) is 9.92. The van der Waals surface area contributed by atoms with Crippen molar-refractivity contribution in [2.24, 2.45) is 0 Å². The van der Waals surface area contributed by atoms with Gasteiger partial charge in [-0.2, -0.15) is 0 Å². The summed E-state index contributed by atoms with van der Waals surface area (Å²) in [4.78, 5) is 10.9. The maximum Gasteiger partial charge on any atom is 0.311 e. The molecule has 0 atom stereocenters. The monoisotopic (exact) mass is 268 g/mol. The van der Waals surface area contributed by atoms with Gasteiger partial charge in [0.15, 0.2) is 5.06 Å². The molecule has 1 aromatic rings. The van der Waals surface area contributed by atoms with Gasteiger partial charge in [0, 0.05) is 6.42 Å². The van der Waals surface area contributed by atoms with Crippen molar-refractivity contribution < 1.29 is 9.53 Å². The van der Waals surface area contributed by atoms with Crippen LogP contribution in [-0.4, -0.2) is 5.97 Å². The topological polar surface area (TPSA) is 26.3 Å². The fourth-order valence-corrected chi connectivity index (χ4v) is 2.37. The van der Waals surface area contributed by atoms with E-state index < -0.39 is 0 Å². The van der Waals surface area contributed by atoms with Crippen molar-refractivity contribution in [1.29, 1.82) is 0 Å². The van der Waals surface area contributed by atoms with E-state index in [-0.39, 0.29) is 5.97 Å². The van der Waals surface area contributed by atoms with Crippen LogP contribution < -0.4 is 4.74 Å². The van der Waals surface area contributed by atoms with E-state index in [9.17, 15) is 4.79 Å². The molecule has 0 aliphatic rings. The molecule has 0 aromatic carbocycles. The highest BCUT2D eigenvalue weighted by atomic mass is 79.9. The molecule has 0 saturated heterocycles. The predicted molar refractivity (Wildman–Crippen MR) is 53.0 cm³/mol. The van der Waals surface area contributed by atoms with E-state index >= 15 is 0 Å². The van der Waals surface area contributed by atoms with Gasteiger partial charge in [-0.05, 0) is 22.0 Å². The molecule has 12 heavy (non-hydrogen) atoms. The molecular weight excluding hydrogens is 263 g/mol. The van der Waals surface area contributed by atoms with Crippen molar-refractivity contribution in [2.45, 2.75) is 13.3 Å². The Morgan fingerprint density at radius 3 is 2.92 bits per heavy atom. The average Bonchev–Trinajstić information content (AvgIpc) is 2.30. The molecule has 1 heterocycles. The summed E-state index contributed by atoms with van der Waals surface area (Å²) >= 11 is 10.1. The number of halogens is 2. The number of esters is 1. The maximum absolute atomic E-state index is 10.9. The lowest BCUT2D eigenvalue weighted by atomic mass is 10.5. The quantitative estimate of drug-likeness (QED) is 0.768. The standard InChI is InChI=1S/C7H6BrClO2S/c1-2-6(10)11-7-4(8)3-5(9)12-7/h3H,2H2,1H3. The van der Waals surface area contributed by atoms with Crippen LogP contribution in [0.5, 0.6) is 5.06 Å². The van der Waals surface area contributed by atoms with Crippen molar-refractivity contribution in [2.75, 3.05) is 0 Å². The van der Waals surface area contributed by atoms with Crippen LogP contribution in [0.4, 0.5) is 0 Å². The molecule has 0 bridgehead atoms. The van der Waals surface area contributed by atoms with E-state index in [2.05, 4.69) is 15.9 Å². The first kappa shape index (κ1) is 10.0. The number of carbonyl (C=O) groups is 1. The molecule has 0 radical (unpaired) electrons. The minimum Gasteiger partial charge on any atom is -0.414 e. The molecule has 0 N–H and O–H groups in total. The molecule has 1 aromatic heterocycles. The summed E-state index contributed by atoms with van der Waals surface area (Å²) in [5.41, 5.74) is 0. The summed E-state index contributed by atoms with van der Waals surface area (Å²) in [7, 11) is 0. The zero-order valence-corrected chi connectivity index (χ0v) is 9.42. The van der Waals surface area contributed by atoms with Crippen molar-refractivity contribution in [3.63, 3.8) is 0 Å². The van der Waals surface area contributed by atoms with Crippen LogP contribution in [0.2, 0.25) is 4.34 Å². The molecule has 0 saturated carbocycles. The molecular formula is C7H6BrClO2S. The number of thiophene rings is 1. The van der Waals surface area contributed by atoms with E-state index in [4.69, 9.17) is 16.3 Å². The van der Waals surface area contributed by atoms with Crippen LogP contribution in [-0.2, 0) is 4.79 Å². The summed E-state index contributed by atoms with van der Waals surface area (Å²) in [6.07, 6.45) is 0.363. The maximum atomic E-state index is 10.9. The van der Waals surface area contributed by atoms with E-state index in [1.165, 1.54) is 11.3 Å². The molecule has 0 amide bonds. The van der Waals surface area contributed by atoms with Gasteiger partial charge in [-0.1, -0.05) is 29.9 Å². The Balaban J connectivity index is 2.75. The Labute approximate surface area is 87.6 Å². The highest BCUT2D eigenvalue weighted by Gasteiger charge is 2.09. The molecule has 66 valence electrons. The SMILES string of the molecule is CCC(=O)Oc1sc(Cl)cc1Br. The summed E-state index contributed by atoms with van der Waals surface area (Å²) in [5.74, 6) is -0.255. The number of carbonyl (C=O) groups excluding carboxylic acids is 1. The number of rotatable bonds is 2. The highest BCUT2D eigenvalue weighted by Crippen LogP contribution is 2.37. The first-order valence-corrected chi connectivity index (χ1v) is 5.27. The van der Waals surface area contributed by atoms with Crippen LogP contribution in [0.15, 0.2) is 10.5 Å². The summed E-state index contributed by atoms with van der Waals surface area (Å²) < 4.78 is 6.28. The second-order valence-electron chi connectivity index (χ2n) is 2.01. The van der Waals surface area contributed by atoms with Gasteiger partial charge in [0.05, 0.1) is 8.81 Å². The van der Waals surface area contributed by atoms with E-state index in [1.54, 1.807) is 13.0 Å². The average molecular weight is 270 g/mol. The second-order valence-corrected chi connectivity index (χ2v) is 4.51. The van der Waals surface area contributed by atoms with Crippen molar-refractivity contribution in [1.82, 2.24) is 0 Å². The molecule has 1 rings (SSSR count). The summed E-state index contributed by atoms with van der Waals surface area (Å²) in [5, 5.41) is 0.520. The lowest BCUT2D eigenvalue weighted by Gasteiger charge is -1.97. The van der Waals surface area contributed by atoms with Gasteiger partial charge in [-0.15, -0.1) is 0 Å². The lowest BCUT2D eigenvalue weighted by Crippen LogP contribution is -2.04. The zero-order chi connectivity index (χ0) is 9.14. The fraction of sp³-hybridized carbons (Fsp3) is 0.286. The highest BCUT2D eigenvalue weighted by molar-refractivity contribution is 9.10. The van der Waals surface area contributed by atoms with Crippen molar-refractivity contribution in [3.8, 4) is 5.06 Å². The minimum atomic E-state index is -0.255. The number of hydrogen-bond donors (Lipinski definition) is 0. The van der Waals surface area contributed by atoms with Gasteiger partial charge in [0.25, 0.3) is 0 Å². The molecule has 5 heteroatoms. The molecule has 0 aliphatic heterocycles. The lowest BCUT2D eigenvalue weighted by molar-refractivity contribution is -0.133. The van der Waals surface area contributed by atoms with E-state index in [1.807, 2.05) is 0 Å². The third-order valence-electron chi connectivity index (χ3n) is 1.12. The summed E-state index contributed by atoms with van der Waals surface area (Å²) in [6, 6.07) is 1.70. The van der Waals surface area contributed by atoms with Gasteiger partial charge in [0.1, 0.15) is 0 Å². The first-order chi connectivity index (χ1) is 5.63. The second kappa shape index (κ2) is 4.25. The Hall–Kier alpha value is -0.0600. The third kappa shape index (κ3) is 2.47. The Bertz CT molecular complexity index is 298. The molecule has 0 unspecified atom stereocenters. The van der Waals surface area contributed by atoms with Crippen LogP contribution in [0.3, 0.4) is 0 Å². The zero-order valence-electron chi connectivity index (χ0n) is 6.27. The van der Waals surface area contributed by atoms with E-state index in [0.29, 0.717) is 15.8 Å². The van der Waals surface area contributed by atoms with Crippen LogP contribution in [0.25, 0.3) is 0 Å². The molecule has 0 aliphatic carbocycles. The molecule has 0 fully saturated rings. The van der Waals surface area contributed by atoms with Gasteiger partial charge in [-0.3, -0.25) is 4.79 Å². The Kier molecular flexibility index (Phi) is 3.55. The number of ether oxygens (including phenoxy) is 1. The fourth-order valence-electron chi connectivity index (χ4n) is 0.570. The van der Waals surface area contributed by atoms with Gasteiger partial charge in [0.2, 0.25) is 0 Å². The van der Waals surface area contributed by atoms with Crippen molar-refractivity contribution in [3.05, 3.63) is 14.9 Å². The minimum absolute atomic E-state index is 0.255. The van der Waals surface area contributed by atoms with Crippen LogP contribution >= 0.6 is 38.9 Å². The predicted octanol–water partition coefficient (Wildman–Crippen LogP) is 3.48. The van der Waals surface area contributed by atoms with Gasteiger partial charge in [-0.25, -0.2) is 0 Å². The molecule has 0 spiro atoms. The van der Waals surface area contributed by atoms with Gasteiger partial charge >= 0.3 is 5.97 Å². The summed E-state index contributed by atoms with van der Waals surface area (Å²) in [6.45, 7) is 1.74. The van der Waals surface area contributed by atoms with Crippen LogP contribution in [0.1, 0.15) is 13.3 Å². The van der Waals surface area contributed by atoms with Gasteiger partial charge < -0.3 is 4.74 Å². The van der Waals surface area contributed by atoms with E-state index in [0.717, 1.165) is 4.47 Å². The number of hydrogen-bond acceptors (Lipinski definition) is 3. The smallest absolute Gasteiger partial charge is 0.311 e. The van der Waals surface area contributed by atoms with Crippen LogP contribution in [0, 0.1) is 0 Å². The molecule has 2 nitrogen and oxygen atoms in total. The van der Waals surface area contributed by atoms with Crippen molar-refractivity contribution >= 4 is 44.8 Å². The largest absolute Gasteiger partial charge is 0.414 e. The Morgan fingerprint density at radius 1 is 1.83 bits per heavy atom. The third-order valence-corrected chi connectivity index (χ3v) is 3.11. The Morgan fingerprint density at radius 2 is 2.50 bits per heavy atom.